The summed E-state index contributed by atoms with van der Waals surface area (Å²) in [5.41, 5.74) is 0.0526. The molecule has 0 heterocycles. The Bertz CT molecular complexity index is 567. The maximum Gasteiger partial charge on any atom is 0.251 e. The fraction of sp³-hybridized carbons (Fsp3) is 0.455. The van der Waals surface area contributed by atoms with Gasteiger partial charge in [0.1, 0.15) is 10.7 Å². The molecule has 0 aliphatic rings. The van der Waals surface area contributed by atoms with Crippen LogP contribution in [0, 0.1) is 5.82 Å². The Morgan fingerprint density at radius 1 is 1.35 bits per heavy atom. The number of sulfonamides is 1. The van der Waals surface area contributed by atoms with Crippen LogP contribution in [0.5, 0.6) is 0 Å². The molecule has 9 heteroatoms. The highest BCUT2D eigenvalue weighted by molar-refractivity contribution is 7.89. The zero-order valence-corrected chi connectivity index (χ0v) is 12.2. The normalized spacial score (nSPS) is 12.1. The molecule has 0 saturated carbocycles. The molecule has 0 saturated heterocycles. The second-order valence-electron chi connectivity index (χ2n) is 3.90. The molecule has 0 unspecified atom stereocenters. The highest BCUT2D eigenvalue weighted by Gasteiger charge is 2.23. The van der Waals surface area contributed by atoms with Crippen molar-refractivity contribution < 1.29 is 21.6 Å². The van der Waals surface area contributed by atoms with Crippen LogP contribution >= 0.6 is 11.6 Å². The molecule has 0 fully saturated rings. The molecule has 1 aromatic carbocycles. The van der Waals surface area contributed by atoms with E-state index in [4.69, 9.17) is 11.6 Å². The Labute approximate surface area is 120 Å². The first-order chi connectivity index (χ1) is 9.27. The van der Waals surface area contributed by atoms with Crippen molar-refractivity contribution in [2.75, 3.05) is 13.1 Å². The molecule has 20 heavy (non-hydrogen) atoms. The molecule has 0 spiro atoms. The number of hydrogen-bond acceptors (Lipinski definition) is 3. The quantitative estimate of drug-likeness (QED) is 0.805. The molecule has 0 amide bonds. The molecule has 0 aromatic heterocycles. The molecule has 0 bridgehead atoms. The van der Waals surface area contributed by atoms with Crippen LogP contribution < -0.4 is 10.0 Å². The van der Waals surface area contributed by atoms with Gasteiger partial charge in [-0.15, -0.1) is 0 Å². The average Bonchev–Trinajstić information content (AvgIpc) is 2.37. The third-order valence-electron chi connectivity index (χ3n) is 2.36. The first kappa shape index (κ1) is 17.2. The SMILES string of the molecule is CCNCc1cc(Cl)cc(S(=O)(=O)NCC(F)F)c1F. The van der Waals surface area contributed by atoms with Crippen LogP contribution in [-0.2, 0) is 16.6 Å². The molecule has 0 radical (unpaired) electrons. The number of alkyl halides is 2. The van der Waals surface area contributed by atoms with E-state index in [1.54, 1.807) is 11.6 Å². The lowest BCUT2D eigenvalue weighted by Gasteiger charge is -2.11. The fourth-order valence-corrected chi connectivity index (χ4v) is 2.91. The van der Waals surface area contributed by atoms with Gasteiger partial charge in [0.25, 0.3) is 6.43 Å². The molecule has 114 valence electrons. The Balaban J connectivity index is 3.13. The van der Waals surface area contributed by atoms with Gasteiger partial charge >= 0.3 is 0 Å². The van der Waals surface area contributed by atoms with Crippen molar-refractivity contribution in [3.63, 3.8) is 0 Å². The largest absolute Gasteiger partial charge is 0.313 e. The number of nitrogens with one attached hydrogen (secondary N) is 2. The summed E-state index contributed by atoms with van der Waals surface area (Å²) in [6.07, 6.45) is -2.87. The summed E-state index contributed by atoms with van der Waals surface area (Å²) in [5, 5.41) is 2.84. The van der Waals surface area contributed by atoms with Gasteiger partial charge in [0.05, 0.1) is 6.54 Å². The zero-order chi connectivity index (χ0) is 15.3. The summed E-state index contributed by atoms with van der Waals surface area (Å²) < 4.78 is 63.4. The minimum atomic E-state index is -4.37. The van der Waals surface area contributed by atoms with E-state index in [9.17, 15) is 21.6 Å². The minimum absolute atomic E-state index is 0.0109. The van der Waals surface area contributed by atoms with Gasteiger partial charge < -0.3 is 5.32 Å². The van der Waals surface area contributed by atoms with Crippen molar-refractivity contribution in [3.8, 4) is 0 Å². The van der Waals surface area contributed by atoms with Crippen LogP contribution in [0.3, 0.4) is 0 Å². The minimum Gasteiger partial charge on any atom is -0.313 e. The summed E-state index contributed by atoms with van der Waals surface area (Å²) in [7, 11) is -4.37. The molecular weight excluding hydrogens is 317 g/mol. The Kier molecular flexibility index (Phi) is 6.25. The van der Waals surface area contributed by atoms with E-state index in [2.05, 4.69) is 5.32 Å². The molecule has 4 nitrogen and oxygen atoms in total. The summed E-state index contributed by atoms with van der Waals surface area (Å²) in [5.74, 6) is -1.00. The summed E-state index contributed by atoms with van der Waals surface area (Å²) in [6, 6.07) is 2.17. The molecule has 0 aliphatic carbocycles. The monoisotopic (exact) mass is 330 g/mol. The van der Waals surface area contributed by atoms with Gasteiger partial charge in [-0.3, -0.25) is 0 Å². The van der Waals surface area contributed by atoms with E-state index in [-0.39, 0.29) is 17.1 Å². The summed E-state index contributed by atoms with van der Waals surface area (Å²) in [6.45, 7) is 1.35. The molecule has 1 aromatic rings. The van der Waals surface area contributed by atoms with Crippen LogP contribution in [0.2, 0.25) is 5.02 Å². The molecule has 0 atom stereocenters. The van der Waals surface area contributed by atoms with Crippen LogP contribution in [0.4, 0.5) is 13.2 Å². The second kappa shape index (κ2) is 7.26. The lowest BCUT2D eigenvalue weighted by molar-refractivity contribution is 0.153. The fourth-order valence-electron chi connectivity index (χ4n) is 1.45. The summed E-state index contributed by atoms with van der Waals surface area (Å²) >= 11 is 5.73. The van der Waals surface area contributed by atoms with Crippen LogP contribution in [0.25, 0.3) is 0 Å². The second-order valence-corrected chi connectivity index (χ2v) is 6.07. The lowest BCUT2D eigenvalue weighted by atomic mass is 10.2. The van der Waals surface area contributed by atoms with Gasteiger partial charge in [-0.05, 0) is 18.7 Å². The first-order valence-electron chi connectivity index (χ1n) is 5.74. The van der Waals surface area contributed by atoms with Crippen molar-refractivity contribution in [2.45, 2.75) is 24.8 Å². The van der Waals surface area contributed by atoms with Gasteiger partial charge in [0, 0.05) is 17.1 Å². The smallest absolute Gasteiger partial charge is 0.251 e. The summed E-state index contributed by atoms with van der Waals surface area (Å²) in [4.78, 5) is -0.737. The van der Waals surface area contributed by atoms with E-state index in [0.717, 1.165) is 6.07 Å². The van der Waals surface area contributed by atoms with Crippen LogP contribution in [0.1, 0.15) is 12.5 Å². The number of benzene rings is 1. The first-order valence-corrected chi connectivity index (χ1v) is 7.60. The van der Waals surface area contributed by atoms with Crippen LogP contribution in [0.15, 0.2) is 17.0 Å². The molecule has 0 aliphatic heterocycles. The Hall–Kier alpha value is -0.830. The van der Waals surface area contributed by atoms with Gasteiger partial charge in [-0.2, -0.15) is 0 Å². The van der Waals surface area contributed by atoms with Crippen molar-refractivity contribution in [2.24, 2.45) is 0 Å². The third kappa shape index (κ3) is 4.62. The van der Waals surface area contributed by atoms with Gasteiger partial charge in [-0.1, -0.05) is 18.5 Å². The van der Waals surface area contributed by atoms with Gasteiger partial charge in [0.2, 0.25) is 10.0 Å². The zero-order valence-electron chi connectivity index (χ0n) is 10.6. The van der Waals surface area contributed by atoms with Crippen molar-refractivity contribution >= 4 is 21.6 Å². The average molecular weight is 331 g/mol. The topological polar surface area (TPSA) is 58.2 Å². The third-order valence-corrected chi connectivity index (χ3v) is 4.00. The number of rotatable bonds is 7. The number of halogens is 4. The van der Waals surface area contributed by atoms with E-state index in [1.807, 2.05) is 0 Å². The predicted octanol–water partition coefficient (Wildman–Crippen LogP) is 2.13. The van der Waals surface area contributed by atoms with Crippen molar-refractivity contribution in [1.29, 1.82) is 0 Å². The highest BCUT2D eigenvalue weighted by Crippen LogP contribution is 2.23. The van der Waals surface area contributed by atoms with Crippen molar-refractivity contribution in [1.82, 2.24) is 10.0 Å². The standard InChI is InChI=1S/C11H14ClF3N2O2S/c1-2-16-5-7-3-8(12)4-9(11(7)15)20(18,19)17-6-10(13)14/h3-4,10,16-17H,2,5-6H2,1H3. The van der Waals surface area contributed by atoms with E-state index >= 15 is 0 Å². The highest BCUT2D eigenvalue weighted by atomic mass is 35.5. The maximum absolute atomic E-state index is 14.1. The van der Waals surface area contributed by atoms with Crippen LogP contribution in [-0.4, -0.2) is 27.9 Å². The van der Waals surface area contributed by atoms with Gasteiger partial charge in [0.15, 0.2) is 0 Å². The van der Waals surface area contributed by atoms with Crippen molar-refractivity contribution in [3.05, 3.63) is 28.5 Å². The molecule has 1 rings (SSSR count). The van der Waals surface area contributed by atoms with E-state index in [0.29, 0.717) is 6.54 Å². The Morgan fingerprint density at radius 2 is 2.00 bits per heavy atom. The lowest BCUT2D eigenvalue weighted by Crippen LogP contribution is -2.29. The van der Waals surface area contributed by atoms with E-state index in [1.165, 1.54) is 6.07 Å². The molecule has 2 N–H and O–H groups in total. The Morgan fingerprint density at radius 3 is 2.55 bits per heavy atom. The number of hydrogen-bond donors (Lipinski definition) is 2. The van der Waals surface area contributed by atoms with E-state index < -0.39 is 33.7 Å². The predicted molar refractivity (Wildman–Crippen MR) is 70.0 cm³/mol. The van der Waals surface area contributed by atoms with Gasteiger partial charge in [-0.25, -0.2) is 26.3 Å². The molecular formula is C11H14ClF3N2O2S. The maximum atomic E-state index is 14.1.